The fraction of sp³-hybridized carbons (Fsp3) is 0.625. The van der Waals surface area contributed by atoms with E-state index in [1.165, 1.54) is 7.11 Å². The van der Waals surface area contributed by atoms with Crippen molar-refractivity contribution in [3.8, 4) is 5.75 Å². The summed E-state index contributed by atoms with van der Waals surface area (Å²) < 4.78 is 8.88. The van der Waals surface area contributed by atoms with Gasteiger partial charge in [-0.05, 0) is 56.6 Å². The predicted molar refractivity (Wildman–Crippen MR) is 124 cm³/mol. The fourth-order valence-corrected chi connectivity index (χ4v) is 5.35. The molecule has 0 radical (unpaired) electrons. The van der Waals surface area contributed by atoms with Gasteiger partial charge in [0.2, 0.25) is 11.8 Å². The standard InChI is InChI=1S/C24H34N4O5/c1-26-20-9-8-19(32-2)14-21(20)28(24(26)31)15-16-4-6-18(7-5-16)23(30)27-12-10-17(11-13-27)22(29)25-33-3/h8-9,14,16-18H,4-7,10-13,15H2,1-3H3,(H,25,29). The van der Waals surface area contributed by atoms with Crippen molar-refractivity contribution in [3.05, 3.63) is 28.7 Å². The fourth-order valence-electron chi connectivity index (χ4n) is 5.35. The zero-order valence-corrected chi connectivity index (χ0v) is 19.7. The molecule has 0 unspecified atom stereocenters. The minimum atomic E-state index is -0.105. The first-order valence-electron chi connectivity index (χ1n) is 11.8. The van der Waals surface area contributed by atoms with Gasteiger partial charge in [0.15, 0.2) is 0 Å². The maximum Gasteiger partial charge on any atom is 0.328 e. The number of nitrogens with one attached hydrogen (secondary N) is 1. The molecule has 9 nitrogen and oxygen atoms in total. The Labute approximate surface area is 193 Å². The van der Waals surface area contributed by atoms with E-state index < -0.39 is 0 Å². The molecule has 9 heteroatoms. The summed E-state index contributed by atoms with van der Waals surface area (Å²) in [4.78, 5) is 44.5. The van der Waals surface area contributed by atoms with Crippen molar-refractivity contribution in [2.75, 3.05) is 27.3 Å². The van der Waals surface area contributed by atoms with Crippen LogP contribution in [0.4, 0.5) is 0 Å². The number of fused-ring (bicyclic) bond motifs is 1. The molecular formula is C24H34N4O5. The van der Waals surface area contributed by atoms with Gasteiger partial charge in [0.05, 0.1) is 25.3 Å². The van der Waals surface area contributed by atoms with Crippen LogP contribution in [-0.4, -0.2) is 53.2 Å². The maximum atomic E-state index is 13.1. The summed E-state index contributed by atoms with van der Waals surface area (Å²) in [6.45, 7) is 1.89. The largest absolute Gasteiger partial charge is 0.497 e. The molecule has 0 spiro atoms. The Morgan fingerprint density at radius 1 is 1.00 bits per heavy atom. The van der Waals surface area contributed by atoms with Crippen LogP contribution in [0.15, 0.2) is 23.0 Å². The topological polar surface area (TPSA) is 94.8 Å². The van der Waals surface area contributed by atoms with Gasteiger partial charge in [-0.2, -0.15) is 0 Å². The number of methoxy groups -OCH3 is 1. The first kappa shape index (κ1) is 23.4. The van der Waals surface area contributed by atoms with E-state index in [1.54, 1.807) is 18.7 Å². The van der Waals surface area contributed by atoms with E-state index in [2.05, 4.69) is 5.48 Å². The number of rotatable bonds is 6. The van der Waals surface area contributed by atoms with Crippen LogP contribution in [-0.2, 0) is 28.0 Å². The smallest absolute Gasteiger partial charge is 0.328 e. The van der Waals surface area contributed by atoms with Crippen LogP contribution in [0, 0.1) is 17.8 Å². The number of benzene rings is 1. The Balaban J connectivity index is 1.34. The lowest BCUT2D eigenvalue weighted by molar-refractivity contribution is -0.143. The Bertz CT molecular complexity index is 1060. The van der Waals surface area contributed by atoms with Crippen molar-refractivity contribution in [3.63, 3.8) is 0 Å². The van der Waals surface area contributed by atoms with Crippen LogP contribution < -0.4 is 15.9 Å². The molecule has 1 aromatic carbocycles. The molecule has 1 aliphatic carbocycles. The molecule has 4 rings (SSSR count). The summed E-state index contributed by atoms with van der Waals surface area (Å²) in [5, 5.41) is 0. The molecule has 1 aliphatic heterocycles. The van der Waals surface area contributed by atoms with Crippen molar-refractivity contribution < 1.29 is 19.2 Å². The second-order valence-corrected chi connectivity index (χ2v) is 9.29. The van der Waals surface area contributed by atoms with Crippen molar-refractivity contribution in [2.24, 2.45) is 24.8 Å². The van der Waals surface area contributed by atoms with Crippen molar-refractivity contribution in [1.29, 1.82) is 0 Å². The number of likely N-dealkylation sites (tertiary alicyclic amines) is 1. The average Bonchev–Trinajstić information content (AvgIpc) is 3.08. The minimum absolute atomic E-state index is 0.0168. The molecule has 1 saturated heterocycles. The number of piperidine rings is 1. The van der Waals surface area contributed by atoms with Gasteiger partial charge < -0.3 is 9.64 Å². The number of amides is 2. The van der Waals surface area contributed by atoms with Crippen LogP contribution in [0.3, 0.4) is 0 Å². The zero-order chi connectivity index (χ0) is 23.5. The van der Waals surface area contributed by atoms with Crippen molar-refractivity contribution in [1.82, 2.24) is 19.5 Å². The minimum Gasteiger partial charge on any atom is -0.497 e. The number of hydrogen-bond acceptors (Lipinski definition) is 5. The molecule has 1 saturated carbocycles. The summed E-state index contributed by atoms with van der Waals surface area (Å²) in [6.07, 6.45) is 4.88. The first-order chi connectivity index (χ1) is 15.9. The van der Waals surface area contributed by atoms with E-state index in [4.69, 9.17) is 9.57 Å². The van der Waals surface area contributed by atoms with E-state index in [1.807, 2.05) is 27.7 Å². The zero-order valence-electron chi connectivity index (χ0n) is 19.7. The highest BCUT2D eigenvalue weighted by Crippen LogP contribution is 2.33. The predicted octanol–water partition coefficient (Wildman–Crippen LogP) is 2.07. The van der Waals surface area contributed by atoms with E-state index in [0.717, 1.165) is 42.5 Å². The Morgan fingerprint density at radius 2 is 1.70 bits per heavy atom. The summed E-state index contributed by atoms with van der Waals surface area (Å²) in [7, 11) is 4.85. The molecular weight excluding hydrogens is 424 g/mol. The highest BCUT2D eigenvalue weighted by atomic mass is 16.6. The monoisotopic (exact) mass is 458 g/mol. The number of aryl methyl sites for hydroxylation is 1. The molecule has 2 heterocycles. The molecule has 2 amide bonds. The molecule has 33 heavy (non-hydrogen) atoms. The van der Waals surface area contributed by atoms with Crippen LogP contribution in [0.5, 0.6) is 5.75 Å². The normalized spacial score (nSPS) is 21.8. The van der Waals surface area contributed by atoms with Crippen LogP contribution >= 0.6 is 0 Å². The number of hydrogen-bond donors (Lipinski definition) is 1. The molecule has 0 atom stereocenters. The summed E-state index contributed by atoms with van der Waals surface area (Å²) >= 11 is 0. The first-order valence-corrected chi connectivity index (χ1v) is 11.8. The summed E-state index contributed by atoms with van der Waals surface area (Å²) in [5.74, 6) is 1.15. The molecule has 2 fully saturated rings. The number of hydroxylamine groups is 1. The number of ether oxygens (including phenoxy) is 1. The van der Waals surface area contributed by atoms with Crippen LogP contribution in [0.25, 0.3) is 11.0 Å². The summed E-state index contributed by atoms with van der Waals surface area (Å²) in [6, 6.07) is 5.71. The average molecular weight is 459 g/mol. The van der Waals surface area contributed by atoms with E-state index in [9.17, 15) is 14.4 Å². The van der Waals surface area contributed by atoms with Gasteiger partial charge in [0.25, 0.3) is 0 Å². The molecule has 2 aromatic rings. The maximum absolute atomic E-state index is 13.1. The number of nitrogens with zero attached hydrogens (tertiary/aromatic N) is 3. The third-order valence-corrected chi connectivity index (χ3v) is 7.37. The quantitative estimate of drug-likeness (QED) is 0.669. The van der Waals surface area contributed by atoms with Gasteiger partial charge >= 0.3 is 5.69 Å². The van der Waals surface area contributed by atoms with Crippen LogP contribution in [0.2, 0.25) is 0 Å². The van der Waals surface area contributed by atoms with Crippen molar-refractivity contribution >= 4 is 22.8 Å². The lowest BCUT2D eigenvalue weighted by Gasteiger charge is -2.36. The van der Waals surface area contributed by atoms with Gasteiger partial charge in [-0.3, -0.25) is 23.6 Å². The van der Waals surface area contributed by atoms with Gasteiger partial charge in [0, 0.05) is 44.6 Å². The molecule has 1 N–H and O–H groups in total. The van der Waals surface area contributed by atoms with Gasteiger partial charge in [0.1, 0.15) is 5.75 Å². The second kappa shape index (κ2) is 9.99. The SMILES string of the molecule is CONC(=O)C1CCN(C(=O)C2CCC(Cn3c(=O)n(C)c4ccc(OC)cc43)CC2)CC1. The van der Waals surface area contributed by atoms with Crippen LogP contribution in [0.1, 0.15) is 38.5 Å². The second-order valence-electron chi connectivity index (χ2n) is 9.29. The lowest BCUT2D eigenvalue weighted by Crippen LogP contribution is -2.45. The highest BCUT2D eigenvalue weighted by molar-refractivity contribution is 5.81. The van der Waals surface area contributed by atoms with E-state index in [-0.39, 0.29) is 29.3 Å². The van der Waals surface area contributed by atoms with Gasteiger partial charge in [-0.1, -0.05) is 0 Å². The van der Waals surface area contributed by atoms with E-state index in [0.29, 0.717) is 38.4 Å². The lowest BCUT2D eigenvalue weighted by atomic mass is 9.81. The number of imidazole rings is 1. The Kier molecular flexibility index (Phi) is 7.07. The van der Waals surface area contributed by atoms with Gasteiger partial charge in [-0.25, -0.2) is 10.3 Å². The third kappa shape index (κ3) is 4.78. The summed E-state index contributed by atoms with van der Waals surface area (Å²) in [5.41, 5.74) is 4.16. The third-order valence-electron chi connectivity index (χ3n) is 7.37. The van der Waals surface area contributed by atoms with Crippen molar-refractivity contribution in [2.45, 2.75) is 45.1 Å². The van der Waals surface area contributed by atoms with Gasteiger partial charge in [-0.15, -0.1) is 0 Å². The van der Waals surface area contributed by atoms with E-state index >= 15 is 0 Å². The number of carbonyl (C=O) groups is 2. The molecule has 0 bridgehead atoms. The Morgan fingerprint density at radius 3 is 2.33 bits per heavy atom. The molecule has 2 aliphatic rings. The number of aromatic nitrogens is 2. The number of carbonyl (C=O) groups excluding carboxylic acids is 2. The highest BCUT2D eigenvalue weighted by Gasteiger charge is 2.33. The molecule has 180 valence electrons. The molecule has 1 aromatic heterocycles. The Hall–Kier alpha value is -2.81.